The number of aliphatic hydroxyl groups is 1. The highest BCUT2D eigenvalue weighted by Crippen LogP contribution is 2.22. The maximum absolute atomic E-state index is 9.26. The van der Waals surface area contributed by atoms with Crippen LogP contribution in [-0.4, -0.2) is 32.7 Å². The van der Waals surface area contributed by atoms with Gasteiger partial charge >= 0.3 is 0 Å². The molecular weight excluding hydrogens is 314 g/mol. The third-order valence-electron chi connectivity index (χ3n) is 3.64. The van der Waals surface area contributed by atoms with E-state index in [0.717, 1.165) is 16.8 Å². The molecule has 2 heterocycles. The highest BCUT2D eigenvalue weighted by molar-refractivity contribution is 5.64. The van der Waals surface area contributed by atoms with Crippen LogP contribution in [-0.2, 0) is 6.54 Å². The zero-order valence-corrected chi connectivity index (χ0v) is 14.1. The van der Waals surface area contributed by atoms with Crippen molar-refractivity contribution >= 4 is 11.8 Å². The molecule has 1 atom stereocenters. The van der Waals surface area contributed by atoms with E-state index in [-0.39, 0.29) is 12.6 Å². The third-order valence-corrected chi connectivity index (χ3v) is 3.64. The van der Waals surface area contributed by atoms with Gasteiger partial charge in [-0.25, -0.2) is 4.98 Å². The molecule has 0 saturated carbocycles. The number of rotatable bonds is 7. The summed E-state index contributed by atoms with van der Waals surface area (Å²) in [5, 5.41) is 15.7. The molecule has 25 heavy (non-hydrogen) atoms. The monoisotopic (exact) mass is 335 g/mol. The van der Waals surface area contributed by atoms with Crippen LogP contribution in [0.1, 0.15) is 12.5 Å². The van der Waals surface area contributed by atoms with Gasteiger partial charge in [-0.3, -0.25) is 4.98 Å². The molecule has 0 amide bonds. The molecule has 0 unspecified atom stereocenters. The van der Waals surface area contributed by atoms with Crippen LogP contribution in [0.25, 0.3) is 11.3 Å². The van der Waals surface area contributed by atoms with Crippen molar-refractivity contribution in [1.82, 2.24) is 15.0 Å². The Bertz CT molecular complexity index is 795. The molecule has 3 aromatic rings. The van der Waals surface area contributed by atoms with Gasteiger partial charge in [-0.15, -0.1) is 0 Å². The Morgan fingerprint density at radius 2 is 1.92 bits per heavy atom. The van der Waals surface area contributed by atoms with Gasteiger partial charge in [-0.2, -0.15) is 4.98 Å². The first-order chi connectivity index (χ1) is 12.2. The lowest BCUT2D eigenvalue weighted by atomic mass is 10.1. The van der Waals surface area contributed by atoms with Crippen molar-refractivity contribution in [2.45, 2.75) is 19.5 Å². The van der Waals surface area contributed by atoms with Crippen LogP contribution in [0.5, 0.6) is 0 Å². The van der Waals surface area contributed by atoms with Gasteiger partial charge in [0.15, 0.2) is 0 Å². The molecule has 128 valence electrons. The molecule has 0 aliphatic rings. The van der Waals surface area contributed by atoms with Crippen molar-refractivity contribution in [1.29, 1.82) is 0 Å². The van der Waals surface area contributed by atoms with Gasteiger partial charge in [0.1, 0.15) is 5.82 Å². The summed E-state index contributed by atoms with van der Waals surface area (Å²) in [5.41, 5.74) is 2.89. The van der Waals surface area contributed by atoms with E-state index < -0.39 is 0 Å². The Kier molecular flexibility index (Phi) is 5.53. The molecule has 1 aromatic carbocycles. The topological polar surface area (TPSA) is 83.0 Å². The Morgan fingerprint density at radius 3 is 2.64 bits per heavy atom. The lowest BCUT2D eigenvalue weighted by Gasteiger charge is -2.14. The molecule has 3 rings (SSSR count). The van der Waals surface area contributed by atoms with Crippen LogP contribution in [0.15, 0.2) is 60.9 Å². The van der Waals surface area contributed by atoms with Crippen molar-refractivity contribution in [3.05, 3.63) is 66.5 Å². The quantitative estimate of drug-likeness (QED) is 0.616. The fourth-order valence-electron chi connectivity index (χ4n) is 2.32. The maximum atomic E-state index is 9.26. The summed E-state index contributed by atoms with van der Waals surface area (Å²) in [5.74, 6) is 1.20. The van der Waals surface area contributed by atoms with E-state index in [1.165, 1.54) is 0 Å². The molecule has 0 radical (unpaired) electrons. The zero-order valence-electron chi connectivity index (χ0n) is 14.1. The first-order valence-electron chi connectivity index (χ1n) is 8.19. The van der Waals surface area contributed by atoms with E-state index >= 15 is 0 Å². The number of hydrogen-bond acceptors (Lipinski definition) is 6. The van der Waals surface area contributed by atoms with Crippen LogP contribution in [0.2, 0.25) is 0 Å². The number of nitrogens with zero attached hydrogens (tertiary/aromatic N) is 3. The smallest absolute Gasteiger partial charge is 0.225 e. The number of aromatic nitrogens is 3. The van der Waals surface area contributed by atoms with E-state index in [1.807, 2.05) is 61.7 Å². The standard InChI is InChI=1S/C19H21N5O/c1-14(13-25)22-19-23-17(16-7-3-2-4-8-16)10-18(24-19)21-12-15-6-5-9-20-11-15/h2-11,14,25H,12-13H2,1H3,(H2,21,22,23,24)/t14-/m1/s1. The summed E-state index contributed by atoms with van der Waals surface area (Å²) >= 11 is 0. The summed E-state index contributed by atoms with van der Waals surface area (Å²) in [7, 11) is 0. The summed E-state index contributed by atoms with van der Waals surface area (Å²) < 4.78 is 0. The van der Waals surface area contributed by atoms with Gasteiger partial charge in [0.2, 0.25) is 5.95 Å². The molecule has 0 fully saturated rings. The summed E-state index contributed by atoms with van der Waals surface area (Å²) in [6.07, 6.45) is 3.57. The largest absolute Gasteiger partial charge is 0.394 e. The summed E-state index contributed by atoms with van der Waals surface area (Å²) in [4.78, 5) is 13.2. The third kappa shape index (κ3) is 4.74. The predicted molar refractivity (Wildman–Crippen MR) is 99.2 cm³/mol. The number of pyridine rings is 1. The number of hydrogen-bond donors (Lipinski definition) is 3. The van der Waals surface area contributed by atoms with Crippen molar-refractivity contribution in [3.63, 3.8) is 0 Å². The predicted octanol–water partition coefficient (Wildman–Crippen LogP) is 2.94. The van der Waals surface area contributed by atoms with Gasteiger partial charge in [-0.1, -0.05) is 36.4 Å². The fraction of sp³-hybridized carbons (Fsp3) is 0.211. The minimum atomic E-state index is -0.128. The molecule has 6 nitrogen and oxygen atoms in total. The number of nitrogens with one attached hydrogen (secondary N) is 2. The second-order valence-corrected chi connectivity index (χ2v) is 5.77. The molecule has 6 heteroatoms. The van der Waals surface area contributed by atoms with Crippen LogP contribution in [0.4, 0.5) is 11.8 Å². The van der Waals surface area contributed by atoms with Crippen molar-refractivity contribution in [3.8, 4) is 11.3 Å². The van der Waals surface area contributed by atoms with E-state index in [0.29, 0.717) is 18.3 Å². The van der Waals surface area contributed by atoms with E-state index in [9.17, 15) is 5.11 Å². The molecular formula is C19H21N5O. The Hall–Kier alpha value is -2.99. The van der Waals surface area contributed by atoms with Gasteiger partial charge < -0.3 is 15.7 Å². The lowest BCUT2D eigenvalue weighted by Crippen LogP contribution is -2.21. The fourth-order valence-corrected chi connectivity index (χ4v) is 2.32. The van der Waals surface area contributed by atoms with Crippen LogP contribution in [0, 0.1) is 0 Å². The Balaban J connectivity index is 1.86. The van der Waals surface area contributed by atoms with E-state index in [4.69, 9.17) is 0 Å². The molecule has 0 aliphatic heterocycles. The Labute approximate surface area is 147 Å². The number of aliphatic hydroxyl groups excluding tert-OH is 1. The lowest BCUT2D eigenvalue weighted by molar-refractivity contribution is 0.281. The van der Waals surface area contributed by atoms with Crippen molar-refractivity contribution < 1.29 is 5.11 Å². The van der Waals surface area contributed by atoms with Gasteiger partial charge in [0.05, 0.1) is 12.3 Å². The van der Waals surface area contributed by atoms with Crippen LogP contribution >= 0.6 is 0 Å². The highest BCUT2D eigenvalue weighted by Gasteiger charge is 2.09. The maximum Gasteiger partial charge on any atom is 0.225 e. The highest BCUT2D eigenvalue weighted by atomic mass is 16.3. The second-order valence-electron chi connectivity index (χ2n) is 5.77. The van der Waals surface area contributed by atoms with E-state index in [2.05, 4.69) is 25.6 Å². The number of benzene rings is 1. The normalized spacial score (nSPS) is 11.8. The van der Waals surface area contributed by atoms with Gasteiger partial charge in [0, 0.05) is 36.6 Å². The first kappa shape index (κ1) is 16.9. The first-order valence-corrected chi connectivity index (χ1v) is 8.19. The van der Waals surface area contributed by atoms with Gasteiger partial charge in [-0.05, 0) is 18.6 Å². The van der Waals surface area contributed by atoms with E-state index in [1.54, 1.807) is 6.20 Å². The second kappa shape index (κ2) is 8.21. The van der Waals surface area contributed by atoms with Gasteiger partial charge in [0.25, 0.3) is 0 Å². The minimum absolute atomic E-state index is 0.0113. The molecule has 0 spiro atoms. The Morgan fingerprint density at radius 1 is 1.08 bits per heavy atom. The SMILES string of the molecule is C[C@H](CO)Nc1nc(NCc2cccnc2)cc(-c2ccccc2)n1. The van der Waals surface area contributed by atoms with Crippen molar-refractivity contribution in [2.24, 2.45) is 0 Å². The zero-order chi connectivity index (χ0) is 17.5. The number of anilines is 2. The summed E-state index contributed by atoms with van der Waals surface area (Å²) in [6.45, 7) is 2.51. The van der Waals surface area contributed by atoms with Crippen LogP contribution in [0.3, 0.4) is 0 Å². The molecule has 0 aliphatic carbocycles. The minimum Gasteiger partial charge on any atom is -0.394 e. The molecule has 0 bridgehead atoms. The van der Waals surface area contributed by atoms with Crippen molar-refractivity contribution in [2.75, 3.05) is 17.2 Å². The average molecular weight is 335 g/mol. The summed E-state index contributed by atoms with van der Waals surface area (Å²) in [6, 6.07) is 15.6. The van der Waals surface area contributed by atoms with Crippen LogP contribution < -0.4 is 10.6 Å². The molecule has 3 N–H and O–H groups in total. The average Bonchev–Trinajstić information content (AvgIpc) is 2.67. The molecule has 0 saturated heterocycles. The molecule has 2 aromatic heterocycles.